The van der Waals surface area contributed by atoms with E-state index in [1.807, 2.05) is 19.9 Å². The van der Waals surface area contributed by atoms with Crippen LogP contribution in [0.1, 0.15) is 25.8 Å². The van der Waals surface area contributed by atoms with Gasteiger partial charge < -0.3 is 5.32 Å². The zero-order chi connectivity index (χ0) is 13.1. The quantitative estimate of drug-likeness (QED) is 0.892. The predicted molar refractivity (Wildman–Crippen MR) is 68.8 cm³/mol. The standard InChI is InChI=1S/C13H15ClN2O/c1-4-13(3,8-15)12(17)16-11-6-5-10(14)7-9(11)2/h5-7H,4H2,1-3H3,(H,16,17). The van der Waals surface area contributed by atoms with Gasteiger partial charge in [0.25, 0.3) is 0 Å². The molecular formula is C13H15ClN2O. The van der Waals surface area contributed by atoms with Gasteiger partial charge in [-0.1, -0.05) is 18.5 Å². The molecule has 1 N–H and O–H groups in total. The first-order valence-electron chi connectivity index (χ1n) is 5.42. The summed E-state index contributed by atoms with van der Waals surface area (Å²) in [5.74, 6) is -0.284. The fraction of sp³-hybridized carbons (Fsp3) is 0.385. The highest BCUT2D eigenvalue weighted by atomic mass is 35.5. The minimum Gasteiger partial charge on any atom is -0.324 e. The topological polar surface area (TPSA) is 52.9 Å². The zero-order valence-electron chi connectivity index (χ0n) is 10.2. The molecule has 1 aromatic carbocycles. The number of carbonyl (C=O) groups excluding carboxylic acids is 1. The molecule has 1 aromatic rings. The smallest absolute Gasteiger partial charge is 0.244 e. The average molecular weight is 251 g/mol. The average Bonchev–Trinajstić information content (AvgIpc) is 2.31. The van der Waals surface area contributed by atoms with Gasteiger partial charge in [-0.2, -0.15) is 5.26 Å². The fourth-order valence-corrected chi connectivity index (χ4v) is 1.54. The summed E-state index contributed by atoms with van der Waals surface area (Å²) in [6.07, 6.45) is 0.474. The van der Waals surface area contributed by atoms with E-state index in [9.17, 15) is 4.79 Å². The minimum atomic E-state index is -0.994. The van der Waals surface area contributed by atoms with Crippen LogP contribution in [0.15, 0.2) is 18.2 Å². The second-order valence-electron chi connectivity index (χ2n) is 4.21. The summed E-state index contributed by atoms with van der Waals surface area (Å²) in [4.78, 5) is 12.0. The van der Waals surface area contributed by atoms with Crippen LogP contribution in [0, 0.1) is 23.7 Å². The van der Waals surface area contributed by atoms with Gasteiger partial charge in [0.1, 0.15) is 5.41 Å². The third kappa shape index (κ3) is 2.98. The lowest BCUT2D eigenvalue weighted by Gasteiger charge is -2.19. The Morgan fingerprint density at radius 1 is 1.59 bits per heavy atom. The first kappa shape index (κ1) is 13.5. The van der Waals surface area contributed by atoms with E-state index in [0.717, 1.165) is 5.56 Å². The number of anilines is 1. The molecule has 3 nitrogen and oxygen atoms in total. The number of carbonyl (C=O) groups is 1. The Hall–Kier alpha value is -1.53. The van der Waals surface area contributed by atoms with Crippen molar-refractivity contribution in [1.82, 2.24) is 0 Å². The molecule has 17 heavy (non-hydrogen) atoms. The lowest BCUT2D eigenvalue weighted by atomic mass is 9.88. The third-order valence-electron chi connectivity index (χ3n) is 2.89. The molecule has 0 aliphatic rings. The summed E-state index contributed by atoms with van der Waals surface area (Å²) in [5.41, 5.74) is 0.572. The Balaban J connectivity index is 2.93. The normalized spacial score (nSPS) is 13.6. The van der Waals surface area contributed by atoms with Gasteiger partial charge in [-0.15, -0.1) is 0 Å². The third-order valence-corrected chi connectivity index (χ3v) is 3.13. The molecule has 0 fully saturated rings. The Bertz CT molecular complexity index is 479. The maximum absolute atomic E-state index is 12.0. The van der Waals surface area contributed by atoms with Crippen LogP contribution in [0.3, 0.4) is 0 Å². The summed E-state index contributed by atoms with van der Waals surface area (Å²) in [6, 6.07) is 7.26. The van der Waals surface area contributed by atoms with Gasteiger partial charge in [-0.25, -0.2) is 0 Å². The number of nitrogens with one attached hydrogen (secondary N) is 1. The number of hydrogen-bond acceptors (Lipinski definition) is 2. The van der Waals surface area contributed by atoms with Crippen molar-refractivity contribution < 1.29 is 4.79 Å². The van der Waals surface area contributed by atoms with Crippen LogP contribution in [0.2, 0.25) is 5.02 Å². The number of nitrogens with zero attached hydrogens (tertiary/aromatic N) is 1. The number of nitriles is 1. The Morgan fingerprint density at radius 3 is 2.71 bits per heavy atom. The lowest BCUT2D eigenvalue weighted by Crippen LogP contribution is -2.31. The van der Waals surface area contributed by atoms with E-state index >= 15 is 0 Å². The second-order valence-corrected chi connectivity index (χ2v) is 4.65. The molecule has 0 heterocycles. The van der Waals surface area contributed by atoms with E-state index in [0.29, 0.717) is 17.1 Å². The van der Waals surface area contributed by atoms with Crippen LogP contribution in [-0.4, -0.2) is 5.91 Å². The fourth-order valence-electron chi connectivity index (χ4n) is 1.32. The van der Waals surface area contributed by atoms with Gasteiger partial charge in [0.15, 0.2) is 0 Å². The molecule has 1 atom stereocenters. The van der Waals surface area contributed by atoms with Crippen LogP contribution in [-0.2, 0) is 4.79 Å². The van der Waals surface area contributed by atoms with E-state index < -0.39 is 5.41 Å². The first-order valence-corrected chi connectivity index (χ1v) is 5.79. The number of amides is 1. The zero-order valence-corrected chi connectivity index (χ0v) is 10.9. The van der Waals surface area contributed by atoms with E-state index in [-0.39, 0.29) is 5.91 Å². The van der Waals surface area contributed by atoms with Gasteiger partial charge >= 0.3 is 0 Å². The van der Waals surface area contributed by atoms with Crippen molar-refractivity contribution in [3.63, 3.8) is 0 Å². The van der Waals surface area contributed by atoms with Gasteiger partial charge in [0, 0.05) is 10.7 Å². The van der Waals surface area contributed by atoms with Crippen molar-refractivity contribution in [2.45, 2.75) is 27.2 Å². The molecular weight excluding hydrogens is 236 g/mol. The molecule has 0 saturated heterocycles. The minimum absolute atomic E-state index is 0.284. The molecule has 0 spiro atoms. The lowest BCUT2D eigenvalue weighted by molar-refractivity contribution is -0.122. The largest absolute Gasteiger partial charge is 0.324 e. The summed E-state index contributed by atoms with van der Waals surface area (Å²) >= 11 is 5.83. The van der Waals surface area contributed by atoms with E-state index in [4.69, 9.17) is 16.9 Å². The number of aryl methyl sites for hydroxylation is 1. The van der Waals surface area contributed by atoms with Crippen LogP contribution in [0.4, 0.5) is 5.69 Å². The molecule has 0 radical (unpaired) electrons. The monoisotopic (exact) mass is 250 g/mol. The molecule has 1 amide bonds. The van der Waals surface area contributed by atoms with Gasteiger partial charge in [-0.05, 0) is 44.0 Å². The molecule has 0 aliphatic heterocycles. The van der Waals surface area contributed by atoms with Crippen molar-refractivity contribution in [2.75, 3.05) is 5.32 Å². The van der Waals surface area contributed by atoms with Crippen molar-refractivity contribution in [3.8, 4) is 6.07 Å². The van der Waals surface area contributed by atoms with Crippen molar-refractivity contribution in [2.24, 2.45) is 5.41 Å². The number of benzene rings is 1. The Labute approximate surface area is 106 Å². The first-order chi connectivity index (χ1) is 7.92. The van der Waals surface area contributed by atoms with Crippen molar-refractivity contribution >= 4 is 23.2 Å². The highest BCUT2D eigenvalue weighted by molar-refractivity contribution is 6.30. The SMILES string of the molecule is CCC(C)(C#N)C(=O)Nc1ccc(Cl)cc1C. The summed E-state index contributed by atoms with van der Waals surface area (Å²) in [7, 11) is 0. The maximum atomic E-state index is 12.0. The van der Waals surface area contributed by atoms with Crippen LogP contribution >= 0.6 is 11.6 Å². The summed E-state index contributed by atoms with van der Waals surface area (Å²) < 4.78 is 0. The molecule has 1 rings (SSSR count). The van der Waals surface area contributed by atoms with E-state index in [2.05, 4.69) is 5.32 Å². The van der Waals surface area contributed by atoms with Gasteiger partial charge in [0.2, 0.25) is 5.91 Å². The van der Waals surface area contributed by atoms with Crippen LogP contribution < -0.4 is 5.32 Å². The number of hydrogen-bond donors (Lipinski definition) is 1. The number of halogens is 1. The Morgan fingerprint density at radius 2 is 2.24 bits per heavy atom. The van der Waals surface area contributed by atoms with E-state index in [1.165, 1.54) is 0 Å². The molecule has 0 bridgehead atoms. The van der Waals surface area contributed by atoms with E-state index in [1.54, 1.807) is 25.1 Å². The molecule has 0 aromatic heterocycles. The molecule has 1 unspecified atom stereocenters. The summed E-state index contributed by atoms with van der Waals surface area (Å²) in [6.45, 7) is 5.31. The van der Waals surface area contributed by atoms with Crippen molar-refractivity contribution in [1.29, 1.82) is 5.26 Å². The van der Waals surface area contributed by atoms with Crippen LogP contribution in [0.25, 0.3) is 0 Å². The Kier molecular flexibility index (Phi) is 4.14. The second kappa shape index (κ2) is 5.20. The molecule has 0 saturated carbocycles. The maximum Gasteiger partial charge on any atom is 0.244 e. The van der Waals surface area contributed by atoms with Crippen molar-refractivity contribution in [3.05, 3.63) is 28.8 Å². The predicted octanol–water partition coefficient (Wildman–Crippen LogP) is 3.53. The molecule has 4 heteroatoms. The highest BCUT2D eigenvalue weighted by Gasteiger charge is 2.31. The summed E-state index contributed by atoms with van der Waals surface area (Å²) in [5, 5.41) is 12.4. The van der Waals surface area contributed by atoms with Gasteiger partial charge in [-0.3, -0.25) is 4.79 Å². The molecule has 0 aliphatic carbocycles. The molecule has 90 valence electrons. The van der Waals surface area contributed by atoms with Gasteiger partial charge in [0.05, 0.1) is 6.07 Å². The van der Waals surface area contributed by atoms with Crippen LogP contribution in [0.5, 0.6) is 0 Å². The highest BCUT2D eigenvalue weighted by Crippen LogP contribution is 2.25. The number of rotatable bonds is 3.